The van der Waals surface area contributed by atoms with Crippen LogP contribution in [0.4, 0.5) is 19.0 Å². The molecule has 2 aromatic heterocycles. The maximum atomic E-state index is 12.6. The third-order valence-electron chi connectivity index (χ3n) is 2.42. The van der Waals surface area contributed by atoms with Crippen LogP contribution >= 0.6 is 15.9 Å². The van der Waals surface area contributed by atoms with Crippen LogP contribution in [0.15, 0.2) is 22.9 Å². The standard InChI is InChI=1S/C11H10BrF3N4/c1-6-3-2-4-16-10(6)17-5-7-18-8(9(12)19-7)11(13,14)15/h2-4H,5H2,1H3,(H,16,17)(H,18,19). The Labute approximate surface area is 115 Å². The maximum absolute atomic E-state index is 12.6. The van der Waals surface area contributed by atoms with E-state index in [2.05, 4.69) is 36.2 Å². The highest BCUT2D eigenvalue weighted by molar-refractivity contribution is 9.10. The van der Waals surface area contributed by atoms with Crippen molar-refractivity contribution < 1.29 is 13.2 Å². The first-order chi connectivity index (χ1) is 8.88. The average molecular weight is 335 g/mol. The summed E-state index contributed by atoms with van der Waals surface area (Å²) in [5, 5.41) is 2.93. The van der Waals surface area contributed by atoms with Gasteiger partial charge in [0.15, 0.2) is 5.69 Å². The highest BCUT2D eigenvalue weighted by Crippen LogP contribution is 2.32. The van der Waals surface area contributed by atoms with Crippen LogP contribution in [0.5, 0.6) is 0 Å². The van der Waals surface area contributed by atoms with Gasteiger partial charge in [-0.1, -0.05) is 6.07 Å². The number of aromatic nitrogens is 3. The van der Waals surface area contributed by atoms with Gasteiger partial charge < -0.3 is 10.3 Å². The van der Waals surface area contributed by atoms with Gasteiger partial charge in [0.25, 0.3) is 0 Å². The van der Waals surface area contributed by atoms with E-state index in [0.717, 1.165) is 5.56 Å². The second-order valence-electron chi connectivity index (χ2n) is 3.87. The van der Waals surface area contributed by atoms with E-state index < -0.39 is 11.9 Å². The van der Waals surface area contributed by atoms with E-state index >= 15 is 0 Å². The van der Waals surface area contributed by atoms with E-state index in [4.69, 9.17) is 0 Å². The molecular weight excluding hydrogens is 325 g/mol. The second kappa shape index (κ2) is 5.20. The van der Waals surface area contributed by atoms with Crippen LogP contribution in [0.3, 0.4) is 0 Å². The number of hydrogen-bond donors (Lipinski definition) is 2. The molecule has 0 aliphatic carbocycles. The molecule has 19 heavy (non-hydrogen) atoms. The Balaban J connectivity index is 2.11. The number of hydrogen-bond acceptors (Lipinski definition) is 3. The summed E-state index contributed by atoms with van der Waals surface area (Å²) in [6.07, 6.45) is -2.85. The Morgan fingerprint density at radius 2 is 2.16 bits per heavy atom. The predicted octanol–water partition coefficient (Wildman–Crippen LogP) is 3.51. The fourth-order valence-corrected chi connectivity index (χ4v) is 2.05. The molecule has 4 nitrogen and oxygen atoms in total. The first kappa shape index (κ1) is 13.9. The summed E-state index contributed by atoms with van der Waals surface area (Å²) in [6.45, 7) is 1.99. The molecule has 2 N–H and O–H groups in total. The lowest BCUT2D eigenvalue weighted by Gasteiger charge is -2.06. The molecule has 0 radical (unpaired) electrons. The van der Waals surface area contributed by atoms with Gasteiger partial charge in [-0.25, -0.2) is 9.97 Å². The minimum atomic E-state index is -4.45. The summed E-state index contributed by atoms with van der Waals surface area (Å²) in [4.78, 5) is 10.1. The number of halogens is 4. The largest absolute Gasteiger partial charge is 0.433 e. The number of anilines is 1. The van der Waals surface area contributed by atoms with Crippen molar-refractivity contribution in [1.82, 2.24) is 15.0 Å². The quantitative estimate of drug-likeness (QED) is 0.903. The number of rotatable bonds is 3. The first-order valence-electron chi connectivity index (χ1n) is 5.35. The van der Waals surface area contributed by atoms with Crippen LogP contribution in [0.2, 0.25) is 0 Å². The van der Waals surface area contributed by atoms with Crippen LogP contribution in [-0.4, -0.2) is 15.0 Å². The molecule has 0 unspecified atom stereocenters. The van der Waals surface area contributed by atoms with Crippen molar-refractivity contribution in [3.63, 3.8) is 0 Å². The molecule has 0 aromatic carbocycles. The average Bonchev–Trinajstić information content (AvgIpc) is 2.69. The van der Waals surface area contributed by atoms with Crippen molar-refractivity contribution in [3.05, 3.63) is 40.0 Å². The molecule has 102 valence electrons. The number of H-pyrrole nitrogens is 1. The van der Waals surface area contributed by atoms with E-state index in [-0.39, 0.29) is 17.0 Å². The summed E-state index contributed by atoms with van der Waals surface area (Å²) in [6, 6.07) is 3.64. The number of nitrogens with one attached hydrogen (secondary N) is 2. The lowest BCUT2D eigenvalue weighted by atomic mass is 10.3. The van der Waals surface area contributed by atoms with Gasteiger partial charge in [-0.2, -0.15) is 13.2 Å². The SMILES string of the molecule is Cc1cccnc1NCc1nc(Br)c(C(F)(F)F)[nH]1. The predicted molar refractivity (Wildman–Crippen MR) is 67.6 cm³/mol. The lowest BCUT2D eigenvalue weighted by molar-refractivity contribution is -0.141. The van der Waals surface area contributed by atoms with Crippen LogP contribution in [0.1, 0.15) is 17.1 Å². The van der Waals surface area contributed by atoms with Gasteiger partial charge in [-0.3, -0.25) is 0 Å². The molecule has 0 bridgehead atoms. The van der Waals surface area contributed by atoms with Gasteiger partial charge >= 0.3 is 6.18 Å². The van der Waals surface area contributed by atoms with E-state index in [1.165, 1.54) is 0 Å². The van der Waals surface area contributed by atoms with Crippen molar-refractivity contribution in [2.24, 2.45) is 0 Å². The first-order valence-corrected chi connectivity index (χ1v) is 6.14. The zero-order valence-electron chi connectivity index (χ0n) is 9.85. The van der Waals surface area contributed by atoms with E-state index in [9.17, 15) is 13.2 Å². The Kier molecular flexibility index (Phi) is 3.79. The van der Waals surface area contributed by atoms with Crippen molar-refractivity contribution in [3.8, 4) is 0 Å². The van der Waals surface area contributed by atoms with E-state index in [1.807, 2.05) is 13.0 Å². The van der Waals surface area contributed by atoms with Crippen LogP contribution in [0, 0.1) is 6.92 Å². The monoisotopic (exact) mass is 334 g/mol. The highest BCUT2D eigenvalue weighted by atomic mass is 79.9. The minimum Gasteiger partial charge on any atom is -0.363 e. The zero-order valence-corrected chi connectivity index (χ0v) is 11.4. The van der Waals surface area contributed by atoms with Crippen LogP contribution < -0.4 is 5.32 Å². The number of alkyl halides is 3. The molecule has 2 aromatic rings. The Morgan fingerprint density at radius 1 is 1.42 bits per heavy atom. The summed E-state index contributed by atoms with van der Waals surface area (Å²) >= 11 is 2.79. The molecule has 0 aliphatic heterocycles. The Hall–Kier alpha value is -1.57. The third kappa shape index (κ3) is 3.25. The van der Waals surface area contributed by atoms with Gasteiger partial charge in [0.2, 0.25) is 0 Å². The Bertz CT molecular complexity index is 580. The molecule has 0 amide bonds. The van der Waals surface area contributed by atoms with Gasteiger partial charge in [0.05, 0.1) is 6.54 Å². The molecular formula is C11H10BrF3N4. The molecule has 0 spiro atoms. The summed E-state index contributed by atoms with van der Waals surface area (Å²) in [7, 11) is 0. The van der Waals surface area contributed by atoms with Crippen LogP contribution in [-0.2, 0) is 12.7 Å². The molecule has 2 heterocycles. The highest BCUT2D eigenvalue weighted by Gasteiger charge is 2.36. The van der Waals surface area contributed by atoms with Gasteiger partial charge in [-0.15, -0.1) is 0 Å². The molecule has 8 heteroatoms. The number of nitrogens with zero attached hydrogens (tertiary/aromatic N) is 2. The van der Waals surface area contributed by atoms with Gasteiger partial charge in [0, 0.05) is 6.20 Å². The fourth-order valence-electron chi connectivity index (χ4n) is 1.51. The molecule has 0 atom stereocenters. The summed E-state index contributed by atoms with van der Waals surface area (Å²) in [5.41, 5.74) is 0.0196. The number of aromatic amines is 1. The molecule has 0 fully saturated rings. The van der Waals surface area contributed by atoms with Crippen LogP contribution in [0.25, 0.3) is 0 Å². The molecule has 0 saturated carbocycles. The van der Waals surface area contributed by atoms with Crippen molar-refractivity contribution in [2.75, 3.05) is 5.32 Å². The summed E-state index contributed by atoms with van der Waals surface area (Å²) in [5.74, 6) is 0.799. The maximum Gasteiger partial charge on any atom is 0.433 e. The smallest absolute Gasteiger partial charge is 0.363 e. The molecule has 0 saturated heterocycles. The summed E-state index contributed by atoms with van der Waals surface area (Å²) < 4.78 is 37.4. The Morgan fingerprint density at radius 3 is 2.74 bits per heavy atom. The second-order valence-corrected chi connectivity index (χ2v) is 4.62. The normalized spacial score (nSPS) is 11.6. The third-order valence-corrected chi connectivity index (χ3v) is 3.00. The van der Waals surface area contributed by atoms with Gasteiger partial charge in [-0.05, 0) is 34.5 Å². The van der Waals surface area contributed by atoms with E-state index in [1.54, 1.807) is 12.3 Å². The number of imidazole rings is 1. The zero-order chi connectivity index (χ0) is 14.0. The number of pyridine rings is 1. The van der Waals surface area contributed by atoms with Gasteiger partial charge in [0.1, 0.15) is 16.2 Å². The topological polar surface area (TPSA) is 53.6 Å². The lowest BCUT2D eigenvalue weighted by Crippen LogP contribution is -2.07. The van der Waals surface area contributed by atoms with Crippen molar-refractivity contribution in [1.29, 1.82) is 0 Å². The van der Waals surface area contributed by atoms with Crippen molar-refractivity contribution >= 4 is 21.7 Å². The molecule has 0 aliphatic rings. The minimum absolute atomic E-state index is 0.131. The van der Waals surface area contributed by atoms with E-state index in [0.29, 0.717) is 5.82 Å². The fraction of sp³-hybridized carbons (Fsp3) is 0.273. The van der Waals surface area contributed by atoms with Crippen molar-refractivity contribution in [2.45, 2.75) is 19.6 Å². The number of aryl methyl sites for hydroxylation is 1. The molecule has 2 rings (SSSR count).